The maximum atomic E-state index is 14.4. The number of oxime groups is 1. The first-order valence-electron chi connectivity index (χ1n) is 19.4. The molecule has 2 N–H and O–H groups in total. The highest BCUT2D eigenvalue weighted by Crippen LogP contribution is 2.39. The lowest BCUT2D eigenvalue weighted by molar-refractivity contribution is -0.296. The van der Waals surface area contributed by atoms with Crippen LogP contribution in [-0.4, -0.2) is 131 Å². The number of hydrogen-bond acceptors (Lipinski definition) is 14. The molecule has 4 heterocycles. The molecule has 1 aromatic heterocycles. The third kappa shape index (κ3) is 10.9. The van der Waals surface area contributed by atoms with E-state index in [1.54, 1.807) is 39.1 Å². The van der Waals surface area contributed by atoms with Crippen molar-refractivity contribution in [2.24, 2.45) is 27.9 Å². The number of hydrogen-bond donors (Lipinski definition) is 2. The van der Waals surface area contributed by atoms with Crippen LogP contribution in [0, 0.1) is 30.1 Å². The van der Waals surface area contributed by atoms with Gasteiger partial charge in [-0.2, -0.15) is 0 Å². The molecule has 0 radical (unpaired) electrons. The molecule has 310 valence electrons. The highest BCUT2D eigenvalue weighted by molar-refractivity contribution is 6.00. The third-order valence-corrected chi connectivity index (χ3v) is 11.2. The summed E-state index contributed by atoms with van der Waals surface area (Å²) >= 11 is 0. The fourth-order valence-electron chi connectivity index (χ4n) is 7.81. The Labute approximate surface area is 330 Å². The summed E-state index contributed by atoms with van der Waals surface area (Å²) in [7, 11) is 3.72. The standard InChI is InChI=1S/C41H60N4O11/c1-12-29-15-14-28(19-42-29)20-53-44-30-21-51-34-17-31(43-27(7)46)23(3)18-40(8,52-22-30)37(56-39-36(48)32(45(10)11)16-24(4)54-39)25(5)35(47)26(6)38(49)55-33(13-2)41(34,9)50/h1,14-15,19,23-26,32-34,36-37,39,48,50H,13,16-18,20-22H2,2-11H3/b43-31?,44-30-/t23-,24-,25+,26-,32+,33+,34+,36-,37-,39+,40-,41-/m1/s1. The van der Waals surface area contributed by atoms with Gasteiger partial charge in [-0.25, -0.2) is 9.98 Å². The van der Waals surface area contributed by atoms with Gasteiger partial charge in [-0.05, 0) is 73.0 Å². The fourth-order valence-corrected chi connectivity index (χ4v) is 7.81. The van der Waals surface area contributed by atoms with Crippen LogP contribution in [0.4, 0.5) is 0 Å². The van der Waals surface area contributed by atoms with Gasteiger partial charge < -0.3 is 43.6 Å². The minimum atomic E-state index is -1.82. The number of nitrogens with zero attached hydrogens (tertiary/aromatic N) is 4. The summed E-state index contributed by atoms with van der Waals surface area (Å²) in [6.07, 6.45) is 1.96. The Hall–Kier alpha value is -3.62. The van der Waals surface area contributed by atoms with Gasteiger partial charge in [0.25, 0.3) is 0 Å². The van der Waals surface area contributed by atoms with Crippen LogP contribution >= 0.6 is 0 Å². The summed E-state index contributed by atoms with van der Waals surface area (Å²) in [5.74, 6) is -2.10. The zero-order valence-corrected chi connectivity index (χ0v) is 34.4. The largest absolute Gasteiger partial charge is 0.459 e. The molecule has 3 aliphatic rings. The van der Waals surface area contributed by atoms with Crippen molar-refractivity contribution in [2.75, 3.05) is 27.3 Å². The van der Waals surface area contributed by atoms with E-state index < -0.39 is 77.3 Å². The number of cyclic esters (lactones) is 1. The highest BCUT2D eigenvalue weighted by atomic mass is 16.7. The Morgan fingerprint density at radius 1 is 1.16 bits per heavy atom. The smallest absolute Gasteiger partial charge is 0.316 e. The van der Waals surface area contributed by atoms with E-state index in [1.807, 2.05) is 32.8 Å². The number of aliphatic hydroxyl groups excluding tert-OH is 1. The van der Waals surface area contributed by atoms with Crippen molar-refractivity contribution >= 4 is 29.1 Å². The molecule has 0 aliphatic carbocycles. The maximum absolute atomic E-state index is 14.4. The SMILES string of the molecule is C#Cc1ccc(CO/N=C2/CO[C@H]3CC(=NC(C)=O)[C@H](C)C[C@@](C)(OC2)[C@H](O[C@@H]2O[C@H](C)C[C@H](N(C)C)[C@H]2O)[C@@H](C)C(=O)[C@@H](C)C(=O)O[C@@H](CC)[C@@]3(C)O)cn1. The summed E-state index contributed by atoms with van der Waals surface area (Å²) in [5.41, 5.74) is -1.35. The van der Waals surface area contributed by atoms with Crippen molar-refractivity contribution in [3.8, 4) is 12.3 Å². The monoisotopic (exact) mass is 784 g/mol. The van der Waals surface area contributed by atoms with Crippen LogP contribution in [0.2, 0.25) is 0 Å². The van der Waals surface area contributed by atoms with Crippen LogP contribution in [0.1, 0.15) is 92.3 Å². The number of ketones is 1. The predicted molar refractivity (Wildman–Crippen MR) is 206 cm³/mol. The second-order valence-corrected chi connectivity index (χ2v) is 16.1. The lowest BCUT2D eigenvalue weighted by atomic mass is 9.76. The van der Waals surface area contributed by atoms with Crippen molar-refractivity contribution in [1.82, 2.24) is 9.88 Å². The lowest BCUT2D eigenvalue weighted by Gasteiger charge is -2.47. The van der Waals surface area contributed by atoms with Gasteiger partial charge >= 0.3 is 5.97 Å². The molecule has 3 saturated heterocycles. The van der Waals surface area contributed by atoms with Gasteiger partial charge in [-0.3, -0.25) is 14.4 Å². The zero-order chi connectivity index (χ0) is 41.5. The molecule has 3 aliphatic heterocycles. The number of aromatic nitrogens is 1. The van der Waals surface area contributed by atoms with Crippen molar-refractivity contribution in [3.63, 3.8) is 0 Å². The molecule has 3 fully saturated rings. The Balaban J connectivity index is 1.89. The Kier molecular flexibility index (Phi) is 15.5. The number of fused-ring (bicyclic) bond motifs is 5. The molecule has 0 unspecified atom stereocenters. The van der Waals surface area contributed by atoms with Gasteiger partial charge in [0.2, 0.25) is 5.91 Å². The van der Waals surface area contributed by atoms with Crippen molar-refractivity contribution in [3.05, 3.63) is 29.6 Å². The van der Waals surface area contributed by atoms with E-state index in [0.29, 0.717) is 23.4 Å². The van der Waals surface area contributed by atoms with Crippen LogP contribution in [0.15, 0.2) is 28.5 Å². The van der Waals surface area contributed by atoms with Gasteiger partial charge in [0.1, 0.15) is 41.7 Å². The number of carbonyl (C=O) groups excluding carboxylic acids is 3. The van der Waals surface area contributed by atoms with Gasteiger partial charge in [0.15, 0.2) is 12.1 Å². The van der Waals surface area contributed by atoms with Gasteiger partial charge in [-0.1, -0.05) is 37.9 Å². The molecule has 12 atom stereocenters. The molecule has 0 spiro atoms. The van der Waals surface area contributed by atoms with Crippen LogP contribution in [0.25, 0.3) is 0 Å². The first kappa shape index (κ1) is 45.1. The first-order chi connectivity index (χ1) is 26.3. The van der Waals surface area contributed by atoms with E-state index >= 15 is 0 Å². The number of carbonyl (C=O) groups is 3. The number of esters is 1. The second kappa shape index (κ2) is 19.2. The number of pyridine rings is 1. The van der Waals surface area contributed by atoms with Gasteiger partial charge in [0, 0.05) is 42.8 Å². The summed E-state index contributed by atoms with van der Waals surface area (Å²) in [6, 6.07) is 3.14. The quantitative estimate of drug-likeness (QED) is 0.178. The van der Waals surface area contributed by atoms with Crippen LogP contribution in [-0.2, 0) is 49.5 Å². The van der Waals surface area contributed by atoms with E-state index in [4.69, 9.17) is 34.9 Å². The average molecular weight is 785 g/mol. The summed E-state index contributed by atoms with van der Waals surface area (Å²) in [4.78, 5) is 57.0. The predicted octanol–water partition coefficient (Wildman–Crippen LogP) is 3.25. The number of ether oxygens (including phenoxy) is 5. The van der Waals surface area contributed by atoms with Crippen molar-refractivity contribution in [2.45, 2.75) is 142 Å². The van der Waals surface area contributed by atoms with E-state index in [-0.39, 0.29) is 56.9 Å². The van der Waals surface area contributed by atoms with Crippen LogP contribution < -0.4 is 0 Å². The van der Waals surface area contributed by atoms with Crippen LogP contribution in [0.3, 0.4) is 0 Å². The molecular formula is C41H60N4O11. The van der Waals surface area contributed by atoms with Crippen molar-refractivity contribution < 1.29 is 53.1 Å². The van der Waals surface area contributed by atoms with E-state index in [0.717, 1.165) is 0 Å². The second-order valence-electron chi connectivity index (χ2n) is 16.1. The number of aliphatic imine (C=N–C) groups is 1. The third-order valence-electron chi connectivity index (χ3n) is 11.2. The number of likely N-dealkylation sites (N-methyl/N-ethyl adjacent to an activating group) is 1. The van der Waals surface area contributed by atoms with Crippen molar-refractivity contribution in [1.29, 1.82) is 0 Å². The summed E-state index contributed by atoms with van der Waals surface area (Å²) in [5, 5.41) is 28.2. The number of rotatable bonds is 7. The van der Waals surface area contributed by atoms with E-state index in [1.165, 1.54) is 20.8 Å². The number of terminal acetylenes is 1. The average Bonchev–Trinajstić information content (AvgIpc) is 3.16. The van der Waals surface area contributed by atoms with Crippen LogP contribution in [0.5, 0.6) is 0 Å². The minimum Gasteiger partial charge on any atom is -0.459 e. The molecule has 15 heteroatoms. The fraction of sp³-hybridized carbons (Fsp3) is 0.707. The molecule has 0 saturated carbocycles. The Morgan fingerprint density at radius 2 is 1.88 bits per heavy atom. The topological polar surface area (TPSA) is 188 Å². The minimum absolute atomic E-state index is 0.0265. The number of amides is 1. The molecule has 1 amide bonds. The Morgan fingerprint density at radius 3 is 2.48 bits per heavy atom. The van der Waals surface area contributed by atoms with E-state index in [9.17, 15) is 24.6 Å². The highest BCUT2D eigenvalue weighted by Gasteiger charge is 2.51. The molecule has 2 bridgehead atoms. The maximum Gasteiger partial charge on any atom is 0.316 e. The number of Topliss-reactive ketones (excluding diaryl/α,β-unsaturated/α-hetero) is 1. The molecule has 56 heavy (non-hydrogen) atoms. The van der Waals surface area contributed by atoms with E-state index in [2.05, 4.69) is 21.1 Å². The normalized spacial score (nSPS) is 37.9. The molecule has 1 aromatic rings. The summed E-state index contributed by atoms with van der Waals surface area (Å²) in [6.45, 7) is 12.9. The molecule has 4 rings (SSSR count). The molecule has 0 aromatic carbocycles. The van der Waals surface area contributed by atoms with Gasteiger partial charge in [0.05, 0.1) is 37.1 Å². The lowest BCUT2D eigenvalue weighted by Crippen LogP contribution is -2.59. The Bertz CT molecular complexity index is 1640. The van der Waals surface area contributed by atoms with Gasteiger partial charge in [-0.15, -0.1) is 6.42 Å². The summed E-state index contributed by atoms with van der Waals surface area (Å²) < 4.78 is 32.1. The molecular weight excluding hydrogens is 724 g/mol. The molecule has 15 nitrogen and oxygen atoms in total. The number of aliphatic hydroxyl groups is 2. The zero-order valence-electron chi connectivity index (χ0n) is 34.4. The first-order valence-corrected chi connectivity index (χ1v) is 19.4.